The molecule has 1 saturated heterocycles. The van der Waals surface area contributed by atoms with Crippen molar-refractivity contribution in [1.29, 1.82) is 0 Å². The van der Waals surface area contributed by atoms with E-state index in [4.69, 9.17) is 5.73 Å². The van der Waals surface area contributed by atoms with Crippen molar-refractivity contribution in [3.8, 4) is 0 Å². The Hall–Kier alpha value is -1.90. The SMILES string of the molecule is CC1(Nc2nc(N)nc3[nH]ncc23)CCS(=O)(=O)C1. The molecule has 2 aromatic rings. The highest BCUT2D eigenvalue weighted by Gasteiger charge is 2.39. The summed E-state index contributed by atoms with van der Waals surface area (Å²) in [5, 5.41) is 10.5. The summed E-state index contributed by atoms with van der Waals surface area (Å²) in [6.07, 6.45) is 2.13. The van der Waals surface area contributed by atoms with Crippen LogP contribution in [-0.2, 0) is 9.84 Å². The molecule has 1 atom stereocenters. The van der Waals surface area contributed by atoms with Crippen molar-refractivity contribution in [2.75, 3.05) is 22.6 Å². The van der Waals surface area contributed by atoms with Crippen molar-refractivity contribution in [3.63, 3.8) is 0 Å². The predicted octanol–water partition coefficient (Wildman–Crippen LogP) is -0.0758. The molecule has 9 heteroatoms. The van der Waals surface area contributed by atoms with Gasteiger partial charge in [-0.05, 0) is 13.3 Å². The van der Waals surface area contributed by atoms with Gasteiger partial charge in [0.05, 0.1) is 28.6 Å². The van der Waals surface area contributed by atoms with Gasteiger partial charge in [-0.3, -0.25) is 5.10 Å². The van der Waals surface area contributed by atoms with Crippen LogP contribution in [0.1, 0.15) is 13.3 Å². The molecule has 0 saturated carbocycles. The van der Waals surface area contributed by atoms with E-state index >= 15 is 0 Å². The van der Waals surface area contributed by atoms with Crippen molar-refractivity contribution in [1.82, 2.24) is 20.2 Å². The van der Waals surface area contributed by atoms with Crippen LogP contribution in [0.25, 0.3) is 11.0 Å². The van der Waals surface area contributed by atoms with E-state index in [1.165, 1.54) is 0 Å². The number of anilines is 2. The Bertz CT molecular complexity index is 740. The van der Waals surface area contributed by atoms with Crippen molar-refractivity contribution >= 4 is 32.6 Å². The Morgan fingerprint density at radius 3 is 2.95 bits per heavy atom. The lowest BCUT2D eigenvalue weighted by Gasteiger charge is -2.24. The fourth-order valence-corrected chi connectivity index (χ4v) is 4.44. The number of rotatable bonds is 2. The molecule has 8 nitrogen and oxygen atoms in total. The first-order valence-electron chi connectivity index (χ1n) is 5.82. The Balaban J connectivity index is 2.00. The molecule has 2 aromatic heterocycles. The van der Waals surface area contributed by atoms with Gasteiger partial charge >= 0.3 is 0 Å². The van der Waals surface area contributed by atoms with E-state index in [-0.39, 0.29) is 17.5 Å². The summed E-state index contributed by atoms with van der Waals surface area (Å²) < 4.78 is 23.2. The maximum atomic E-state index is 11.6. The summed E-state index contributed by atoms with van der Waals surface area (Å²) in [5.74, 6) is 0.897. The summed E-state index contributed by atoms with van der Waals surface area (Å²) in [6.45, 7) is 1.86. The number of sulfone groups is 1. The number of aromatic amines is 1. The maximum absolute atomic E-state index is 11.6. The van der Waals surface area contributed by atoms with Crippen LogP contribution in [0.15, 0.2) is 6.20 Å². The zero-order chi connectivity index (χ0) is 13.7. The van der Waals surface area contributed by atoms with Gasteiger partial charge in [0.15, 0.2) is 15.5 Å². The average molecular weight is 282 g/mol. The average Bonchev–Trinajstić information content (AvgIpc) is 2.83. The second-order valence-electron chi connectivity index (χ2n) is 5.09. The van der Waals surface area contributed by atoms with E-state index < -0.39 is 15.4 Å². The van der Waals surface area contributed by atoms with E-state index in [2.05, 4.69) is 25.5 Å². The van der Waals surface area contributed by atoms with E-state index in [0.717, 1.165) is 0 Å². The molecule has 0 bridgehead atoms. The molecule has 0 aliphatic carbocycles. The molecule has 0 aromatic carbocycles. The van der Waals surface area contributed by atoms with Gasteiger partial charge in [0, 0.05) is 0 Å². The van der Waals surface area contributed by atoms with Gasteiger partial charge in [-0.1, -0.05) is 0 Å². The molecule has 0 amide bonds. The number of nitrogens with one attached hydrogen (secondary N) is 2. The Labute approximate surface area is 109 Å². The monoisotopic (exact) mass is 282 g/mol. The number of hydrogen-bond donors (Lipinski definition) is 3. The van der Waals surface area contributed by atoms with E-state index in [9.17, 15) is 8.42 Å². The number of H-pyrrole nitrogens is 1. The molecule has 1 unspecified atom stereocenters. The van der Waals surface area contributed by atoms with Crippen LogP contribution in [0, 0.1) is 0 Å². The summed E-state index contributed by atoms with van der Waals surface area (Å²) in [5.41, 5.74) is 5.62. The van der Waals surface area contributed by atoms with Gasteiger partial charge in [0.1, 0.15) is 5.82 Å². The van der Waals surface area contributed by atoms with Crippen LogP contribution < -0.4 is 11.1 Å². The zero-order valence-electron chi connectivity index (χ0n) is 10.3. The summed E-state index contributed by atoms with van der Waals surface area (Å²) in [4.78, 5) is 8.14. The van der Waals surface area contributed by atoms with Gasteiger partial charge < -0.3 is 11.1 Å². The minimum absolute atomic E-state index is 0.0866. The van der Waals surface area contributed by atoms with Crippen LogP contribution in [0.2, 0.25) is 0 Å². The largest absolute Gasteiger partial charge is 0.368 e. The van der Waals surface area contributed by atoms with Gasteiger partial charge in [0.2, 0.25) is 5.95 Å². The topological polar surface area (TPSA) is 127 Å². The van der Waals surface area contributed by atoms with E-state index in [1.807, 2.05) is 6.92 Å². The normalized spacial score (nSPS) is 25.7. The molecule has 19 heavy (non-hydrogen) atoms. The van der Waals surface area contributed by atoms with Crippen LogP contribution in [0.5, 0.6) is 0 Å². The molecule has 102 valence electrons. The molecular formula is C10H14N6O2S. The molecule has 0 spiro atoms. The highest BCUT2D eigenvalue weighted by molar-refractivity contribution is 7.91. The first-order valence-corrected chi connectivity index (χ1v) is 7.64. The summed E-state index contributed by atoms with van der Waals surface area (Å²) in [6, 6.07) is 0. The van der Waals surface area contributed by atoms with Gasteiger partial charge in [-0.15, -0.1) is 0 Å². The number of nitrogens with two attached hydrogens (primary N) is 1. The fourth-order valence-electron chi connectivity index (χ4n) is 2.34. The minimum Gasteiger partial charge on any atom is -0.368 e. The third-order valence-electron chi connectivity index (χ3n) is 3.25. The predicted molar refractivity (Wildman–Crippen MR) is 71.4 cm³/mol. The third kappa shape index (κ3) is 2.21. The number of nitrogens with zero attached hydrogens (tertiary/aromatic N) is 3. The lowest BCUT2D eigenvalue weighted by atomic mass is 10.0. The summed E-state index contributed by atoms with van der Waals surface area (Å²) in [7, 11) is -2.98. The van der Waals surface area contributed by atoms with Crippen molar-refractivity contribution < 1.29 is 8.42 Å². The molecule has 4 N–H and O–H groups in total. The molecule has 1 aliphatic heterocycles. The Kier molecular flexibility index (Phi) is 2.43. The van der Waals surface area contributed by atoms with Gasteiger partial charge in [-0.2, -0.15) is 15.1 Å². The Morgan fingerprint density at radius 1 is 1.47 bits per heavy atom. The van der Waals surface area contributed by atoms with E-state index in [0.29, 0.717) is 23.3 Å². The maximum Gasteiger partial charge on any atom is 0.224 e. The van der Waals surface area contributed by atoms with Gasteiger partial charge in [-0.25, -0.2) is 8.42 Å². The molecule has 1 fully saturated rings. The van der Waals surface area contributed by atoms with Crippen LogP contribution in [0.3, 0.4) is 0 Å². The lowest BCUT2D eigenvalue weighted by Crippen LogP contribution is -2.36. The molecule has 3 heterocycles. The first kappa shape index (κ1) is 12.2. The molecule has 1 aliphatic rings. The van der Waals surface area contributed by atoms with Crippen molar-refractivity contribution in [2.24, 2.45) is 0 Å². The number of aromatic nitrogens is 4. The summed E-state index contributed by atoms with van der Waals surface area (Å²) >= 11 is 0. The van der Waals surface area contributed by atoms with Gasteiger partial charge in [0.25, 0.3) is 0 Å². The second kappa shape index (κ2) is 3.80. The number of nitrogen functional groups attached to an aromatic ring is 1. The van der Waals surface area contributed by atoms with Crippen LogP contribution >= 0.6 is 0 Å². The Morgan fingerprint density at radius 2 is 2.26 bits per heavy atom. The third-order valence-corrected chi connectivity index (χ3v) is 5.15. The standard InChI is InChI=1S/C10H14N6O2S/c1-10(2-3-19(17,18)5-10)15-7-6-4-12-16-8(6)14-9(11)13-7/h4H,2-3,5H2,1H3,(H4,11,12,13,14,15,16). The molecular weight excluding hydrogens is 268 g/mol. The van der Waals surface area contributed by atoms with Crippen LogP contribution in [0.4, 0.5) is 11.8 Å². The van der Waals surface area contributed by atoms with Crippen molar-refractivity contribution in [3.05, 3.63) is 6.20 Å². The lowest BCUT2D eigenvalue weighted by molar-refractivity contribution is 0.572. The smallest absolute Gasteiger partial charge is 0.224 e. The molecule has 0 radical (unpaired) electrons. The highest BCUT2D eigenvalue weighted by atomic mass is 32.2. The number of hydrogen-bond acceptors (Lipinski definition) is 7. The minimum atomic E-state index is -2.98. The zero-order valence-corrected chi connectivity index (χ0v) is 11.2. The first-order chi connectivity index (χ1) is 8.87. The fraction of sp³-hybridized carbons (Fsp3) is 0.500. The number of fused-ring (bicyclic) bond motifs is 1. The van der Waals surface area contributed by atoms with E-state index in [1.54, 1.807) is 6.20 Å². The molecule has 3 rings (SSSR count). The van der Waals surface area contributed by atoms with Crippen molar-refractivity contribution in [2.45, 2.75) is 18.9 Å². The quantitative estimate of drug-likeness (QED) is 0.703. The second-order valence-corrected chi connectivity index (χ2v) is 7.27. The van der Waals surface area contributed by atoms with Crippen LogP contribution in [-0.4, -0.2) is 45.6 Å². The highest BCUT2D eigenvalue weighted by Crippen LogP contribution is 2.29.